The van der Waals surface area contributed by atoms with Gasteiger partial charge in [0.25, 0.3) is 0 Å². The van der Waals surface area contributed by atoms with Crippen LogP contribution >= 0.6 is 0 Å². The average Bonchev–Trinajstić information content (AvgIpc) is 2.94. The number of halogens is 1. The molecule has 1 atom stereocenters. The molecule has 2 aromatic rings. The molecule has 0 saturated carbocycles. The van der Waals surface area contributed by atoms with E-state index in [1.165, 1.54) is 16.4 Å². The maximum absolute atomic E-state index is 13.0. The maximum atomic E-state index is 13.0. The van der Waals surface area contributed by atoms with E-state index < -0.39 is 21.9 Å². The third-order valence-electron chi connectivity index (χ3n) is 3.54. The van der Waals surface area contributed by atoms with Crippen molar-refractivity contribution in [3.05, 3.63) is 47.8 Å². The van der Waals surface area contributed by atoms with Crippen LogP contribution in [0.1, 0.15) is 17.6 Å². The zero-order valence-electron chi connectivity index (χ0n) is 12.0. The smallest absolute Gasteiger partial charge is 0.243 e. The SMILES string of the molecule is Cc1cnc([C@H]2COCCN2S(=O)(=O)c2ccc(F)cc2)[nH]1. The molecule has 0 amide bonds. The molecule has 0 radical (unpaired) electrons. The first-order chi connectivity index (χ1) is 10.5. The van der Waals surface area contributed by atoms with E-state index in [-0.39, 0.29) is 18.0 Å². The number of morpholine rings is 1. The Morgan fingerprint density at radius 1 is 1.36 bits per heavy atom. The number of H-pyrrole nitrogens is 1. The van der Waals surface area contributed by atoms with Crippen molar-refractivity contribution in [2.75, 3.05) is 19.8 Å². The molecule has 0 bridgehead atoms. The molecule has 6 nitrogen and oxygen atoms in total. The summed E-state index contributed by atoms with van der Waals surface area (Å²) in [5, 5.41) is 0. The van der Waals surface area contributed by atoms with Gasteiger partial charge in [0.05, 0.1) is 18.1 Å². The van der Waals surface area contributed by atoms with Crippen LogP contribution in [0.15, 0.2) is 35.4 Å². The molecule has 22 heavy (non-hydrogen) atoms. The Labute approximate surface area is 128 Å². The fraction of sp³-hybridized carbons (Fsp3) is 0.357. The summed E-state index contributed by atoms with van der Waals surface area (Å²) in [5.74, 6) is 0.0713. The molecule has 1 aromatic heterocycles. The lowest BCUT2D eigenvalue weighted by molar-refractivity contribution is 0.0292. The number of nitrogens with one attached hydrogen (secondary N) is 1. The summed E-state index contributed by atoms with van der Waals surface area (Å²) in [6.45, 7) is 2.62. The highest BCUT2D eigenvalue weighted by Crippen LogP contribution is 2.28. The van der Waals surface area contributed by atoms with Crippen LogP contribution in [0.5, 0.6) is 0 Å². The summed E-state index contributed by atoms with van der Waals surface area (Å²) in [7, 11) is -3.74. The summed E-state index contributed by atoms with van der Waals surface area (Å²) < 4.78 is 45.4. The number of aryl methyl sites for hydroxylation is 1. The average molecular weight is 325 g/mol. The van der Waals surface area contributed by atoms with Crippen LogP contribution in [0.3, 0.4) is 0 Å². The summed E-state index contributed by atoms with van der Waals surface area (Å²) in [6, 6.07) is 4.30. The van der Waals surface area contributed by atoms with E-state index >= 15 is 0 Å². The predicted molar refractivity (Wildman–Crippen MR) is 77.2 cm³/mol. The number of nitrogens with zero attached hydrogens (tertiary/aromatic N) is 2. The number of ether oxygens (including phenoxy) is 1. The van der Waals surface area contributed by atoms with Gasteiger partial charge in [-0.15, -0.1) is 0 Å². The monoisotopic (exact) mass is 325 g/mol. The number of benzene rings is 1. The highest BCUT2D eigenvalue weighted by atomic mass is 32.2. The number of aromatic amines is 1. The fourth-order valence-corrected chi connectivity index (χ4v) is 4.00. The minimum Gasteiger partial charge on any atom is -0.378 e. The largest absolute Gasteiger partial charge is 0.378 e. The molecular weight excluding hydrogens is 309 g/mol. The summed E-state index contributed by atoms with van der Waals surface area (Å²) in [6.07, 6.45) is 1.65. The number of hydrogen-bond acceptors (Lipinski definition) is 4. The summed E-state index contributed by atoms with van der Waals surface area (Å²) in [4.78, 5) is 7.32. The third kappa shape index (κ3) is 2.77. The molecule has 3 rings (SSSR count). The summed E-state index contributed by atoms with van der Waals surface area (Å²) in [5.41, 5.74) is 0.847. The van der Waals surface area contributed by atoms with Gasteiger partial charge in [-0.25, -0.2) is 17.8 Å². The van der Waals surface area contributed by atoms with Crippen LogP contribution in [-0.2, 0) is 14.8 Å². The second-order valence-electron chi connectivity index (χ2n) is 5.11. The van der Waals surface area contributed by atoms with E-state index in [2.05, 4.69) is 9.97 Å². The highest BCUT2D eigenvalue weighted by molar-refractivity contribution is 7.89. The van der Waals surface area contributed by atoms with Crippen molar-refractivity contribution in [2.45, 2.75) is 17.9 Å². The van der Waals surface area contributed by atoms with Gasteiger partial charge in [-0.2, -0.15) is 4.31 Å². The molecule has 0 unspecified atom stereocenters. The lowest BCUT2D eigenvalue weighted by Gasteiger charge is -2.33. The third-order valence-corrected chi connectivity index (χ3v) is 5.46. The standard InChI is InChI=1S/C14H16FN3O3S/c1-10-8-16-14(17-10)13-9-21-7-6-18(13)22(19,20)12-4-2-11(15)3-5-12/h2-5,8,13H,6-7,9H2,1H3,(H,16,17)/t13-/m1/s1. The molecular formula is C14H16FN3O3S. The molecule has 0 aliphatic carbocycles. The molecule has 2 heterocycles. The van der Waals surface area contributed by atoms with Crippen LogP contribution in [0.25, 0.3) is 0 Å². The van der Waals surface area contributed by atoms with Crippen LogP contribution in [-0.4, -0.2) is 42.4 Å². The van der Waals surface area contributed by atoms with E-state index in [4.69, 9.17) is 4.74 Å². The van der Waals surface area contributed by atoms with E-state index in [0.717, 1.165) is 17.8 Å². The van der Waals surface area contributed by atoms with Gasteiger partial charge in [-0.3, -0.25) is 0 Å². The predicted octanol–water partition coefficient (Wildman–Crippen LogP) is 1.62. The lowest BCUT2D eigenvalue weighted by Crippen LogP contribution is -2.43. The normalized spacial score (nSPS) is 20.2. The highest BCUT2D eigenvalue weighted by Gasteiger charge is 2.36. The zero-order valence-corrected chi connectivity index (χ0v) is 12.8. The van der Waals surface area contributed by atoms with Crippen LogP contribution in [0, 0.1) is 12.7 Å². The van der Waals surface area contributed by atoms with Crippen LogP contribution in [0.2, 0.25) is 0 Å². The van der Waals surface area contributed by atoms with Crippen molar-refractivity contribution in [2.24, 2.45) is 0 Å². The van der Waals surface area contributed by atoms with Gasteiger partial charge in [-0.1, -0.05) is 0 Å². The van der Waals surface area contributed by atoms with Crippen LogP contribution < -0.4 is 0 Å². The molecule has 0 spiro atoms. The molecule has 1 aliphatic heterocycles. The van der Waals surface area contributed by atoms with Gasteiger partial charge >= 0.3 is 0 Å². The van der Waals surface area contributed by atoms with E-state index in [0.29, 0.717) is 12.4 Å². The van der Waals surface area contributed by atoms with E-state index in [1.54, 1.807) is 6.20 Å². The first kappa shape index (κ1) is 15.1. The van der Waals surface area contributed by atoms with Gasteiger partial charge in [0, 0.05) is 18.4 Å². The Kier molecular flexibility index (Phi) is 3.98. The van der Waals surface area contributed by atoms with E-state index in [1.807, 2.05) is 6.92 Å². The number of rotatable bonds is 3. The Balaban J connectivity index is 1.97. The van der Waals surface area contributed by atoms with Crippen molar-refractivity contribution in [1.82, 2.24) is 14.3 Å². The lowest BCUT2D eigenvalue weighted by atomic mass is 10.2. The molecule has 118 valence electrons. The van der Waals surface area contributed by atoms with Gasteiger partial charge in [0.15, 0.2) is 0 Å². The Hall–Kier alpha value is -1.77. The molecule has 1 saturated heterocycles. The van der Waals surface area contributed by atoms with Crippen molar-refractivity contribution >= 4 is 10.0 Å². The topological polar surface area (TPSA) is 75.3 Å². The first-order valence-corrected chi connectivity index (χ1v) is 8.29. The molecule has 1 aliphatic rings. The number of imidazole rings is 1. The zero-order chi connectivity index (χ0) is 15.7. The second-order valence-corrected chi connectivity index (χ2v) is 7.00. The summed E-state index contributed by atoms with van der Waals surface area (Å²) >= 11 is 0. The van der Waals surface area contributed by atoms with Crippen molar-refractivity contribution in [1.29, 1.82) is 0 Å². The number of aromatic nitrogens is 2. The van der Waals surface area contributed by atoms with E-state index in [9.17, 15) is 12.8 Å². The van der Waals surface area contributed by atoms with Crippen molar-refractivity contribution in [3.8, 4) is 0 Å². The van der Waals surface area contributed by atoms with Gasteiger partial charge < -0.3 is 9.72 Å². The number of sulfonamides is 1. The first-order valence-electron chi connectivity index (χ1n) is 6.85. The molecule has 8 heteroatoms. The van der Waals surface area contributed by atoms with Crippen molar-refractivity contribution < 1.29 is 17.5 Å². The minimum atomic E-state index is -3.74. The second kappa shape index (κ2) is 5.79. The molecule has 1 fully saturated rings. The van der Waals surface area contributed by atoms with Gasteiger partial charge in [0.2, 0.25) is 10.0 Å². The Morgan fingerprint density at radius 2 is 2.09 bits per heavy atom. The van der Waals surface area contributed by atoms with Crippen molar-refractivity contribution in [3.63, 3.8) is 0 Å². The minimum absolute atomic E-state index is 0.0593. The van der Waals surface area contributed by atoms with Gasteiger partial charge in [-0.05, 0) is 31.2 Å². The number of hydrogen-bond donors (Lipinski definition) is 1. The fourth-order valence-electron chi connectivity index (χ4n) is 2.44. The molecule has 1 N–H and O–H groups in total. The Bertz CT molecular complexity index is 758. The quantitative estimate of drug-likeness (QED) is 0.930. The maximum Gasteiger partial charge on any atom is 0.243 e. The molecule has 1 aromatic carbocycles. The Morgan fingerprint density at radius 3 is 2.73 bits per heavy atom. The van der Waals surface area contributed by atoms with Gasteiger partial charge in [0.1, 0.15) is 17.7 Å². The van der Waals surface area contributed by atoms with Crippen LogP contribution in [0.4, 0.5) is 4.39 Å².